The molecule has 12 heteroatoms. The second kappa shape index (κ2) is 19.9. The Hall–Kier alpha value is -6.92. The van der Waals surface area contributed by atoms with Crippen LogP contribution in [0.1, 0.15) is 87.2 Å². The van der Waals surface area contributed by atoms with Crippen LogP contribution in [0.4, 0.5) is 0 Å². The fourth-order valence-electron chi connectivity index (χ4n) is 8.35. The van der Waals surface area contributed by atoms with Crippen LogP contribution in [0.5, 0.6) is 0 Å². The Bertz CT molecular complexity index is 2460. The number of benzene rings is 4. The molecule has 7 rings (SSSR count). The molecule has 4 atom stereocenters. The average Bonchev–Trinajstić information content (AvgIpc) is 3.77. The van der Waals surface area contributed by atoms with Crippen LogP contribution in [0.3, 0.4) is 0 Å². The molecule has 3 N–H and O–H groups in total. The van der Waals surface area contributed by atoms with E-state index in [0.29, 0.717) is 24.2 Å². The summed E-state index contributed by atoms with van der Waals surface area (Å²) >= 11 is 0. The molecule has 12 nitrogen and oxygen atoms in total. The van der Waals surface area contributed by atoms with Crippen molar-refractivity contribution in [2.75, 3.05) is 6.54 Å². The van der Waals surface area contributed by atoms with Gasteiger partial charge >= 0.3 is 5.97 Å². The van der Waals surface area contributed by atoms with E-state index in [1.165, 1.54) is 11.9 Å². The third-order valence-corrected chi connectivity index (χ3v) is 11.5. The van der Waals surface area contributed by atoms with E-state index >= 15 is 0 Å². The number of hydrazine groups is 1. The lowest BCUT2D eigenvalue weighted by Crippen LogP contribution is -2.62. The third-order valence-electron chi connectivity index (χ3n) is 11.5. The zero-order valence-electron chi connectivity index (χ0n) is 36.4. The van der Waals surface area contributed by atoms with E-state index in [0.717, 1.165) is 33.2 Å². The minimum absolute atomic E-state index is 0.0185. The highest BCUT2D eigenvalue weighted by Gasteiger charge is 2.40. The summed E-state index contributed by atoms with van der Waals surface area (Å²) in [7, 11) is 0. The maximum absolute atomic E-state index is 14.7. The van der Waals surface area contributed by atoms with Gasteiger partial charge in [-0.2, -0.15) is 0 Å². The van der Waals surface area contributed by atoms with Crippen LogP contribution in [0.15, 0.2) is 140 Å². The molecule has 1 saturated heterocycles. The molecule has 0 saturated carbocycles. The second-order valence-electron chi connectivity index (χ2n) is 16.3. The molecule has 0 spiro atoms. The van der Waals surface area contributed by atoms with Crippen LogP contribution in [-0.4, -0.2) is 67.9 Å². The molecule has 0 aliphatic carbocycles. The molecule has 0 bridgehead atoms. The number of nitrogens with one attached hydrogen (secondary N) is 3. The van der Waals surface area contributed by atoms with E-state index in [4.69, 9.17) is 14.7 Å². The van der Waals surface area contributed by atoms with Crippen LogP contribution in [-0.2, 0) is 35.9 Å². The summed E-state index contributed by atoms with van der Waals surface area (Å²) in [6.07, 6.45) is 7.96. The van der Waals surface area contributed by atoms with Crippen LogP contribution in [0.2, 0.25) is 0 Å². The molecule has 63 heavy (non-hydrogen) atoms. The number of amides is 3. The van der Waals surface area contributed by atoms with E-state index in [1.807, 2.05) is 124 Å². The molecule has 1 fully saturated rings. The van der Waals surface area contributed by atoms with Crippen LogP contribution >= 0.6 is 0 Å². The van der Waals surface area contributed by atoms with Gasteiger partial charge in [0.25, 0.3) is 5.91 Å². The molecule has 0 radical (unpaired) electrons. The van der Waals surface area contributed by atoms with Gasteiger partial charge in [-0.25, -0.2) is 15.4 Å². The van der Waals surface area contributed by atoms with E-state index < -0.39 is 47.6 Å². The molecule has 2 aromatic heterocycles. The first-order valence-corrected chi connectivity index (χ1v) is 21.6. The summed E-state index contributed by atoms with van der Waals surface area (Å²) in [4.78, 5) is 64.2. The molecule has 1 aliphatic heterocycles. The minimum Gasteiger partial charge on any atom is -0.455 e. The number of carbonyl (C=O) groups excluding carboxylic acids is 4. The Kier molecular flexibility index (Phi) is 13.9. The monoisotopic (exact) mass is 845 g/mol. The Labute approximate surface area is 368 Å². The molecule has 3 amide bonds. The van der Waals surface area contributed by atoms with Crippen molar-refractivity contribution in [3.05, 3.63) is 174 Å². The normalized spacial score (nSPS) is 15.8. The lowest BCUT2D eigenvalue weighted by atomic mass is 9.77. The number of pyridine rings is 1. The van der Waals surface area contributed by atoms with Crippen LogP contribution in [0, 0.1) is 5.92 Å². The molecule has 6 aromatic rings. The van der Waals surface area contributed by atoms with E-state index in [2.05, 4.69) is 57.0 Å². The summed E-state index contributed by atoms with van der Waals surface area (Å²) in [6.45, 7) is 9.03. The third kappa shape index (κ3) is 9.92. The SMILES string of the molecule is C/C=C/c1ccc2ccc([C@@H](C)OC(=O)[C@@H]3CCCN(C(=O)[C@H](Cc4cn(C(c5ccccc5)(c5ccccc5)c5ccccc5)cn4)NC(=O)[C@@H](NC(C)=O)C(C)C)N3)nc2c1. The van der Waals surface area contributed by atoms with Gasteiger partial charge in [-0.1, -0.05) is 135 Å². The van der Waals surface area contributed by atoms with Crippen molar-refractivity contribution >= 4 is 40.7 Å². The van der Waals surface area contributed by atoms with Crippen LogP contribution in [0.25, 0.3) is 17.0 Å². The zero-order chi connectivity index (χ0) is 44.5. The summed E-state index contributed by atoms with van der Waals surface area (Å²) in [5.41, 5.74) is 8.24. The first-order valence-electron chi connectivity index (χ1n) is 21.6. The fourth-order valence-corrected chi connectivity index (χ4v) is 8.35. The highest BCUT2D eigenvalue weighted by molar-refractivity contribution is 5.92. The van der Waals surface area contributed by atoms with Crippen molar-refractivity contribution in [3.8, 4) is 0 Å². The lowest BCUT2D eigenvalue weighted by molar-refractivity contribution is -0.157. The number of aromatic nitrogens is 3. The van der Waals surface area contributed by atoms with Crippen molar-refractivity contribution in [3.63, 3.8) is 0 Å². The van der Waals surface area contributed by atoms with E-state index in [1.54, 1.807) is 13.3 Å². The average molecular weight is 846 g/mol. The van der Waals surface area contributed by atoms with Gasteiger partial charge in [0.2, 0.25) is 11.8 Å². The standard InChI is InChI=1S/C51H55N7O5/c1-6-17-37-25-26-38-27-28-43(54-45(38)30-37)35(4)63-50(62)44-24-16-29-58(56-44)49(61)46(55-48(60)47(34(2)3)53-36(5)59)31-42-32-57(33-52-42)51(39-18-10-7-11-19-39,40-20-12-8-13-21-40)41-22-14-9-15-23-41/h6-15,17-23,25-28,30,32-35,44,46-47,56H,16,24,29,31H2,1-5H3,(H,53,59)(H,55,60)/b17-6+/t35-,44+,46+,47+/m1/s1. The Morgan fingerprint density at radius 1 is 0.857 bits per heavy atom. The highest BCUT2D eigenvalue weighted by atomic mass is 16.5. The summed E-state index contributed by atoms with van der Waals surface area (Å²) < 4.78 is 8.00. The number of esters is 1. The molecule has 0 unspecified atom stereocenters. The van der Waals surface area contributed by atoms with Gasteiger partial charge in [-0.3, -0.25) is 24.2 Å². The predicted molar refractivity (Wildman–Crippen MR) is 244 cm³/mol. The van der Waals surface area contributed by atoms with Crippen molar-refractivity contribution in [2.24, 2.45) is 5.92 Å². The van der Waals surface area contributed by atoms with Gasteiger partial charge in [-0.15, -0.1) is 0 Å². The van der Waals surface area contributed by atoms with Gasteiger partial charge in [0, 0.05) is 31.5 Å². The Balaban J connectivity index is 1.16. The van der Waals surface area contributed by atoms with Crippen LogP contribution < -0.4 is 16.1 Å². The second-order valence-corrected chi connectivity index (χ2v) is 16.3. The Morgan fingerprint density at radius 3 is 2.06 bits per heavy atom. The molecule has 1 aliphatic rings. The smallest absolute Gasteiger partial charge is 0.325 e. The van der Waals surface area contributed by atoms with Gasteiger partial charge in [0.15, 0.2) is 0 Å². The lowest BCUT2D eigenvalue weighted by Gasteiger charge is -2.37. The number of imidazole rings is 1. The molecular formula is C51H55N7O5. The van der Waals surface area contributed by atoms with Crippen molar-refractivity contribution in [1.82, 2.24) is 35.6 Å². The largest absolute Gasteiger partial charge is 0.455 e. The van der Waals surface area contributed by atoms with Gasteiger partial charge in [-0.05, 0) is 67.0 Å². The number of rotatable bonds is 15. The number of hydrogen-bond donors (Lipinski definition) is 3. The first kappa shape index (κ1) is 44.1. The summed E-state index contributed by atoms with van der Waals surface area (Å²) in [5, 5.41) is 8.06. The van der Waals surface area contributed by atoms with Gasteiger partial charge < -0.3 is 19.9 Å². The number of carbonyl (C=O) groups is 4. The highest BCUT2D eigenvalue weighted by Crippen LogP contribution is 2.41. The molecule has 324 valence electrons. The molecule has 4 aromatic carbocycles. The maximum atomic E-state index is 14.7. The number of allylic oxidation sites excluding steroid dienone is 1. The number of nitrogens with zero attached hydrogens (tertiary/aromatic N) is 4. The van der Waals surface area contributed by atoms with Crippen molar-refractivity contribution in [1.29, 1.82) is 0 Å². The molecule has 3 heterocycles. The van der Waals surface area contributed by atoms with Gasteiger partial charge in [0.1, 0.15) is 29.8 Å². The fraction of sp³-hybridized carbons (Fsp3) is 0.294. The van der Waals surface area contributed by atoms with E-state index in [9.17, 15) is 19.2 Å². The predicted octanol–water partition coefficient (Wildman–Crippen LogP) is 7.29. The van der Waals surface area contributed by atoms with Crippen molar-refractivity contribution < 1.29 is 23.9 Å². The maximum Gasteiger partial charge on any atom is 0.325 e. The van der Waals surface area contributed by atoms with Crippen molar-refractivity contribution in [2.45, 2.75) is 83.6 Å². The minimum atomic E-state index is -1.12. The first-order chi connectivity index (χ1) is 30.5. The zero-order valence-corrected chi connectivity index (χ0v) is 36.4. The Morgan fingerprint density at radius 2 is 1.48 bits per heavy atom. The quantitative estimate of drug-likeness (QED) is 0.0722. The summed E-state index contributed by atoms with van der Waals surface area (Å²) in [6, 6.07) is 37.5. The number of fused-ring (bicyclic) bond motifs is 1. The topological polar surface area (TPSA) is 148 Å². The number of ether oxygens (including phenoxy) is 1. The van der Waals surface area contributed by atoms with E-state index in [-0.39, 0.29) is 24.8 Å². The number of hydrogen-bond acceptors (Lipinski definition) is 8. The summed E-state index contributed by atoms with van der Waals surface area (Å²) in [5.74, 6) is -2.12. The molecular weight excluding hydrogens is 791 g/mol. The van der Waals surface area contributed by atoms with Gasteiger partial charge in [0.05, 0.1) is 23.2 Å².